The first-order chi connectivity index (χ1) is 21.7. The van der Waals surface area contributed by atoms with Crippen molar-refractivity contribution in [3.8, 4) is 0 Å². The smallest absolute Gasteiger partial charge is 0.329 e. The number of nitrogens with zero attached hydrogens (tertiary/aromatic N) is 2. The second-order valence-electron chi connectivity index (χ2n) is 12.0. The average molecular weight is 622 g/mol. The number of nitrogens with two attached hydrogens (primary N) is 2. The van der Waals surface area contributed by atoms with Crippen molar-refractivity contribution in [2.75, 3.05) is 13.2 Å². The maximum absolute atomic E-state index is 13.1. The van der Waals surface area contributed by atoms with Crippen molar-refractivity contribution in [1.82, 2.24) is 14.5 Å². The van der Waals surface area contributed by atoms with Gasteiger partial charge in [0.05, 0.1) is 23.7 Å². The van der Waals surface area contributed by atoms with E-state index in [0.29, 0.717) is 32.7 Å². The average Bonchev–Trinajstić information content (AvgIpc) is 3.28. The van der Waals surface area contributed by atoms with E-state index in [-0.39, 0.29) is 42.5 Å². The molecular weight excluding hydrogens is 574 g/mol. The Kier molecular flexibility index (Phi) is 12.5. The van der Waals surface area contributed by atoms with Crippen LogP contribution in [0.5, 0.6) is 0 Å². The summed E-state index contributed by atoms with van der Waals surface area (Å²) >= 11 is 0. The number of amides is 3. The second kappa shape index (κ2) is 16.5. The van der Waals surface area contributed by atoms with Crippen molar-refractivity contribution >= 4 is 28.8 Å². The second-order valence-corrected chi connectivity index (χ2v) is 12.0. The summed E-state index contributed by atoms with van der Waals surface area (Å²) in [5, 5.41) is 2.36. The van der Waals surface area contributed by atoms with E-state index in [4.69, 9.17) is 20.9 Å². The quantitative estimate of drug-likeness (QED) is 0.145. The highest BCUT2D eigenvalue weighted by molar-refractivity contribution is 6.00. The molecule has 1 fully saturated rings. The topological polar surface area (TPSA) is 161 Å². The number of imide groups is 1. The van der Waals surface area contributed by atoms with Crippen molar-refractivity contribution in [3.05, 3.63) is 69.6 Å². The lowest BCUT2D eigenvalue weighted by molar-refractivity contribution is -0.135. The minimum absolute atomic E-state index is 0.162. The van der Waals surface area contributed by atoms with E-state index < -0.39 is 11.9 Å². The molecule has 3 aromatic rings. The van der Waals surface area contributed by atoms with Crippen molar-refractivity contribution in [3.63, 3.8) is 0 Å². The number of fused-ring (bicyclic) bond motifs is 1. The van der Waals surface area contributed by atoms with Crippen molar-refractivity contribution < 1.29 is 23.9 Å². The third-order valence-corrected chi connectivity index (χ3v) is 8.56. The minimum atomic E-state index is -0.675. The van der Waals surface area contributed by atoms with E-state index in [0.717, 1.165) is 60.7 Å². The summed E-state index contributed by atoms with van der Waals surface area (Å²) in [7, 11) is 1.74. The van der Waals surface area contributed by atoms with Gasteiger partial charge in [0.15, 0.2) is 0 Å². The molecule has 3 amide bonds. The third-order valence-electron chi connectivity index (χ3n) is 8.56. The zero-order valence-corrected chi connectivity index (χ0v) is 26.5. The van der Waals surface area contributed by atoms with Crippen LogP contribution in [0.4, 0.5) is 0 Å². The van der Waals surface area contributed by atoms with Crippen LogP contribution in [0.1, 0.15) is 81.0 Å². The van der Waals surface area contributed by atoms with Crippen LogP contribution in [0, 0.1) is 0 Å². The Labute approximate surface area is 264 Å². The largest absolute Gasteiger partial charge is 0.381 e. The highest BCUT2D eigenvalue weighted by atomic mass is 16.5. The summed E-state index contributed by atoms with van der Waals surface area (Å²) in [4.78, 5) is 48.1. The van der Waals surface area contributed by atoms with Gasteiger partial charge >= 0.3 is 5.69 Å². The number of nitrogens with one attached hydrogen (secondary N) is 1. The number of ether oxygens (including phenoxy) is 2. The summed E-state index contributed by atoms with van der Waals surface area (Å²) in [6, 6.07) is 13.3. The number of rotatable bonds is 18. The van der Waals surface area contributed by atoms with Gasteiger partial charge in [-0.1, -0.05) is 42.8 Å². The van der Waals surface area contributed by atoms with Gasteiger partial charge in [-0.25, -0.2) is 4.79 Å². The summed E-state index contributed by atoms with van der Waals surface area (Å²) in [6.07, 6.45) is 6.83. The number of hydrogen-bond acceptors (Lipinski definition) is 7. The molecular formula is C34H47N5O6. The van der Waals surface area contributed by atoms with E-state index >= 15 is 0 Å². The lowest BCUT2D eigenvalue weighted by Crippen LogP contribution is -2.44. The van der Waals surface area contributed by atoms with E-state index in [1.54, 1.807) is 11.6 Å². The van der Waals surface area contributed by atoms with Crippen LogP contribution in [0.15, 0.2) is 47.3 Å². The van der Waals surface area contributed by atoms with E-state index in [1.165, 1.54) is 10.1 Å². The molecule has 1 aliphatic heterocycles. The normalized spacial score (nSPS) is 16.6. The Morgan fingerprint density at radius 2 is 1.73 bits per heavy atom. The van der Waals surface area contributed by atoms with E-state index in [2.05, 4.69) is 29.6 Å². The van der Waals surface area contributed by atoms with Gasteiger partial charge in [-0.05, 0) is 74.6 Å². The fraction of sp³-hybridized carbons (Fsp3) is 0.529. The van der Waals surface area contributed by atoms with E-state index in [9.17, 15) is 19.2 Å². The van der Waals surface area contributed by atoms with Crippen molar-refractivity contribution in [2.45, 2.75) is 95.9 Å². The summed E-state index contributed by atoms with van der Waals surface area (Å²) < 4.78 is 14.9. The molecule has 0 radical (unpaired) electrons. The van der Waals surface area contributed by atoms with Crippen LogP contribution in [0.3, 0.4) is 0 Å². The highest BCUT2D eigenvalue weighted by Gasteiger charge is 2.31. The van der Waals surface area contributed by atoms with Crippen LogP contribution in [-0.4, -0.2) is 52.2 Å². The molecule has 1 unspecified atom stereocenters. The zero-order chi connectivity index (χ0) is 32.3. The molecule has 11 heteroatoms. The van der Waals surface area contributed by atoms with Gasteiger partial charge < -0.3 is 20.9 Å². The van der Waals surface area contributed by atoms with Gasteiger partial charge in [-0.15, -0.1) is 0 Å². The lowest BCUT2D eigenvalue weighted by atomic mass is 10.0. The fourth-order valence-corrected chi connectivity index (χ4v) is 5.82. The zero-order valence-electron chi connectivity index (χ0n) is 26.5. The van der Waals surface area contributed by atoms with Gasteiger partial charge in [0.2, 0.25) is 17.7 Å². The summed E-state index contributed by atoms with van der Waals surface area (Å²) in [5.74, 6) is -1.06. The van der Waals surface area contributed by atoms with Gasteiger partial charge in [0.1, 0.15) is 6.04 Å². The fourth-order valence-electron chi connectivity index (χ4n) is 5.82. The van der Waals surface area contributed by atoms with Gasteiger partial charge in [-0.2, -0.15) is 0 Å². The number of aromatic nitrogens is 2. The number of carbonyl (C=O) groups is 3. The number of benzene rings is 2. The molecule has 1 saturated heterocycles. The first kappa shape index (κ1) is 34.1. The predicted octanol–water partition coefficient (Wildman–Crippen LogP) is 3.18. The monoisotopic (exact) mass is 621 g/mol. The third kappa shape index (κ3) is 9.35. The molecule has 2 heterocycles. The Morgan fingerprint density at radius 1 is 1.00 bits per heavy atom. The number of imidazole rings is 1. The van der Waals surface area contributed by atoms with Crippen molar-refractivity contribution in [2.24, 2.45) is 18.5 Å². The highest BCUT2D eigenvalue weighted by Crippen LogP contribution is 2.26. The summed E-state index contributed by atoms with van der Waals surface area (Å²) in [6.45, 7) is 3.80. The Hall–Kier alpha value is -3.80. The van der Waals surface area contributed by atoms with Gasteiger partial charge in [-0.3, -0.25) is 28.8 Å². The van der Waals surface area contributed by atoms with Gasteiger partial charge in [0, 0.05) is 39.1 Å². The number of unbranched alkanes of at least 4 members (excludes halogenated alkanes) is 2. The number of carbonyl (C=O) groups excluding carboxylic acids is 3. The van der Waals surface area contributed by atoms with E-state index in [1.807, 2.05) is 25.1 Å². The molecule has 3 atom stereocenters. The molecule has 45 heavy (non-hydrogen) atoms. The first-order valence-electron chi connectivity index (χ1n) is 16.0. The Bertz CT molecular complexity index is 1510. The van der Waals surface area contributed by atoms with Crippen LogP contribution in [0.25, 0.3) is 11.0 Å². The lowest BCUT2D eigenvalue weighted by Gasteiger charge is -2.21. The SMILES string of the molecule is C[C@@H](OCc1ccc(CCCOCCCCCc2cccc3c2n(C)c(=O)n3C2CCC(=O)NC2=O)cc1)[C@@H](N)CCC(N)=O. The van der Waals surface area contributed by atoms with Gasteiger partial charge in [0.25, 0.3) is 0 Å². The Morgan fingerprint density at radius 3 is 2.47 bits per heavy atom. The van der Waals surface area contributed by atoms with Crippen LogP contribution in [-0.2, 0) is 50.4 Å². The first-order valence-corrected chi connectivity index (χ1v) is 16.0. The van der Waals surface area contributed by atoms with Crippen molar-refractivity contribution in [1.29, 1.82) is 0 Å². The summed E-state index contributed by atoms with van der Waals surface area (Å²) in [5.41, 5.74) is 16.0. The number of para-hydroxylation sites is 1. The molecule has 244 valence electrons. The maximum atomic E-state index is 13.1. The molecule has 0 spiro atoms. The molecule has 5 N–H and O–H groups in total. The number of primary amides is 1. The molecule has 2 aromatic carbocycles. The number of hydrogen-bond donors (Lipinski definition) is 3. The molecule has 4 rings (SSSR count). The molecule has 0 saturated carbocycles. The van der Waals surface area contributed by atoms with Crippen LogP contribution in [0.2, 0.25) is 0 Å². The molecule has 11 nitrogen and oxygen atoms in total. The number of aryl methyl sites for hydroxylation is 3. The Balaban J connectivity index is 1.12. The number of piperidine rings is 1. The maximum Gasteiger partial charge on any atom is 0.329 e. The molecule has 1 aromatic heterocycles. The van der Waals surface area contributed by atoms with Crippen LogP contribution >= 0.6 is 0 Å². The minimum Gasteiger partial charge on any atom is -0.381 e. The molecule has 0 aliphatic carbocycles. The molecule has 0 bridgehead atoms. The van der Waals surface area contributed by atoms with Crippen LogP contribution < -0.4 is 22.5 Å². The predicted molar refractivity (Wildman–Crippen MR) is 172 cm³/mol. The standard InChI is InChI=1S/C34H47N5O6/c1-23(27(35)16-18-30(36)40)45-22-25-14-12-24(13-15-25)8-7-21-44-20-5-3-4-9-26-10-6-11-28-32(26)38(2)34(43)39(28)29-17-19-31(41)37-33(29)42/h6,10-15,23,27,29H,3-5,7-9,16-22,35H2,1-2H3,(H2,36,40)(H,37,41,42)/t23-,27+,29?/m1/s1. The molecule has 1 aliphatic rings.